The molecule has 1 unspecified atom stereocenters. The lowest BCUT2D eigenvalue weighted by Gasteiger charge is -2.12. The molecular formula is C13H16O3. The second kappa shape index (κ2) is 4.66. The molecule has 16 heavy (non-hydrogen) atoms. The van der Waals surface area contributed by atoms with Crippen molar-refractivity contribution < 1.29 is 14.3 Å². The number of ether oxygens (including phenoxy) is 2. The Kier molecular flexibility index (Phi) is 3.25. The molecular weight excluding hydrogens is 204 g/mol. The number of benzene rings is 1. The van der Waals surface area contributed by atoms with E-state index in [0.717, 1.165) is 23.3 Å². The lowest BCUT2D eigenvalue weighted by Crippen LogP contribution is -2.22. The van der Waals surface area contributed by atoms with Gasteiger partial charge in [0.15, 0.2) is 5.78 Å². The number of methoxy groups -OCH3 is 1. The Balaban J connectivity index is 2.24. The third-order valence-electron chi connectivity index (χ3n) is 2.92. The molecule has 3 nitrogen and oxygen atoms in total. The summed E-state index contributed by atoms with van der Waals surface area (Å²) >= 11 is 0. The average molecular weight is 220 g/mol. The maximum absolute atomic E-state index is 12.0. The van der Waals surface area contributed by atoms with Gasteiger partial charge in [-0.05, 0) is 30.2 Å². The van der Waals surface area contributed by atoms with Crippen LogP contribution < -0.4 is 4.74 Å². The molecule has 0 saturated heterocycles. The number of carbonyl (C=O) groups is 1. The lowest BCUT2D eigenvalue weighted by molar-refractivity contribution is 0.0595. The highest BCUT2D eigenvalue weighted by Gasteiger charge is 2.20. The zero-order valence-corrected chi connectivity index (χ0v) is 9.66. The van der Waals surface area contributed by atoms with E-state index in [1.54, 1.807) is 7.11 Å². The molecule has 0 amide bonds. The first-order valence-electron chi connectivity index (χ1n) is 5.59. The molecule has 1 aliphatic rings. The molecule has 1 aliphatic heterocycles. The molecule has 0 radical (unpaired) electrons. The molecule has 1 heterocycles. The zero-order chi connectivity index (χ0) is 11.5. The Morgan fingerprint density at radius 2 is 2.38 bits per heavy atom. The fourth-order valence-electron chi connectivity index (χ4n) is 1.98. The first-order valence-corrected chi connectivity index (χ1v) is 5.59. The van der Waals surface area contributed by atoms with Crippen LogP contribution in [0, 0.1) is 0 Å². The fourth-order valence-corrected chi connectivity index (χ4v) is 1.98. The molecule has 3 heteroatoms. The second-order valence-electron chi connectivity index (χ2n) is 3.92. The van der Waals surface area contributed by atoms with Crippen molar-refractivity contribution in [3.8, 4) is 5.75 Å². The molecule has 0 aliphatic carbocycles. The normalized spacial score (nSPS) is 15.4. The number of Topliss-reactive ketones (excluding diaryl/α,β-unsaturated/α-hetero) is 1. The number of fused-ring (bicyclic) bond motifs is 1. The van der Waals surface area contributed by atoms with Crippen LogP contribution in [0.3, 0.4) is 0 Å². The summed E-state index contributed by atoms with van der Waals surface area (Å²) < 4.78 is 10.6. The lowest BCUT2D eigenvalue weighted by atomic mass is 10.0. The monoisotopic (exact) mass is 220 g/mol. The van der Waals surface area contributed by atoms with Gasteiger partial charge in [-0.2, -0.15) is 0 Å². The van der Waals surface area contributed by atoms with Crippen molar-refractivity contribution in [3.05, 3.63) is 29.3 Å². The Morgan fingerprint density at radius 3 is 3.06 bits per heavy atom. The van der Waals surface area contributed by atoms with Gasteiger partial charge in [0.05, 0.1) is 6.61 Å². The van der Waals surface area contributed by atoms with Gasteiger partial charge in [-0.25, -0.2) is 0 Å². The standard InChI is InChI=1S/C13H16O3/c1-3-11(15-2)13(14)10-4-5-12-9(8-10)6-7-16-12/h4-5,8,11H,3,6-7H2,1-2H3. The van der Waals surface area contributed by atoms with Crippen LogP contribution in [0.4, 0.5) is 0 Å². The minimum atomic E-state index is -0.333. The van der Waals surface area contributed by atoms with Gasteiger partial charge in [0.2, 0.25) is 0 Å². The van der Waals surface area contributed by atoms with E-state index in [9.17, 15) is 4.79 Å². The van der Waals surface area contributed by atoms with Crippen LogP contribution in [-0.2, 0) is 11.2 Å². The summed E-state index contributed by atoms with van der Waals surface area (Å²) in [6.07, 6.45) is 1.25. The summed E-state index contributed by atoms with van der Waals surface area (Å²) in [5.74, 6) is 0.960. The predicted octanol–water partition coefficient (Wildman–Crippen LogP) is 2.23. The highest BCUT2D eigenvalue weighted by atomic mass is 16.5. The third-order valence-corrected chi connectivity index (χ3v) is 2.92. The molecule has 1 aromatic rings. The van der Waals surface area contributed by atoms with E-state index in [2.05, 4.69) is 0 Å². The number of ketones is 1. The summed E-state index contributed by atoms with van der Waals surface area (Å²) in [6.45, 7) is 2.66. The van der Waals surface area contributed by atoms with Crippen molar-refractivity contribution in [3.63, 3.8) is 0 Å². The van der Waals surface area contributed by atoms with Gasteiger partial charge in [0, 0.05) is 19.1 Å². The van der Waals surface area contributed by atoms with Gasteiger partial charge >= 0.3 is 0 Å². The summed E-state index contributed by atoms with van der Waals surface area (Å²) in [7, 11) is 1.57. The fraction of sp³-hybridized carbons (Fsp3) is 0.462. The van der Waals surface area contributed by atoms with Crippen LogP contribution in [-0.4, -0.2) is 25.6 Å². The molecule has 1 atom stereocenters. The number of hydrogen-bond acceptors (Lipinski definition) is 3. The van der Waals surface area contributed by atoms with Crippen molar-refractivity contribution in [1.29, 1.82) is 0 Å². The van der Waals surface area contributed by atoms with Gasteiger partial charge in [-0.1, -0.05) is 6.92 Å². The number of rotatable bonds is 4. The SMILES string of the molecule is CCC(OC)C(=O)c1ccc2c(c1)CCO2. The van der Waals surface area contributed by atoms with E-state index >= 15 is 0 Å². The van der Waals surface area contributed by atoms with Crippen LogP contribution in [0.15, 0.2) is 18.2 Å². The summed E-state index contributed by atoms with van der Waals surface area (Å²) in [5, 5.41) is 0. The van der Waals surface area contributed by atoms with Crippen LogP contribution in [0.25, 0.3) is 0 Å². The largest absolute Gasteiger partial charge is 0.493 e. The van der Waals surface area contributed by atoms with E-state index in [1.165, 1.54) is 0 Å². The first-order chi connectivity index (χ1) is 7.76. The van der Waals surface area contributed by atoms with Gasteiger partial charge in [0.1, 0.15) is 11.9 Å². The quantitative estimate of drug-likeness (QED) is 0.730. The topological polar surface area (TPSA) is 35.5 Å². The molecule has 1 aromatic carbocycles. The summed E-state index contributed by atoms with van der Waals surface area (Å²) in [5.41, 5.74) is 1.84. The van der Waals surface area contributed by atoms with Gasteiger partial charge < -0.3 is 9.47 Å². The van der Waals surface area contributed by atoms with E-state index in [0.29, 0.717) is 13.0 Å². The van der Waals surface area contributed by atoms with Crippen molar-refractivity contribution in [2.45, 2.75) is 25.9 Å². The Labute approximate surface area is 95.4 Å². The molecule has 2 rings (SSSR count). The first kappa shape index (κ1) is 11.1. The highest BCUT2D eigenvalue weighted by molar-refractivity contribution is 5.99. The highest BCUT2D eigenvalue weighted by Crippen LogP contribution is 2.26. The molecule has 0 bridgehead atoms. The average Bonchev–Trinajstić information content (AvgIpc) is 2.77. The number of hydrogen-bond donors (Lipinski definition) is 0. The Hall–Kier alpha value is -1.35. The maximum atomic E-state index is 12.0. The second-order valence-corrected chi connectivity index (χ2v) is 3.92. The summed E-state index contributed by atoms with van der Waals surface area (Å²) in [6, 6.07) is 5.61. The van der Waals surface area contributed by atoms with E-state index < -0.39 is 0 Å². The van der Waals surface area contributed by atoms with Gasteiger partial charge in [-0.3, -0.25) is 4.79 Å². The predicted molar refractivity (Wildman–Crippen MR) is 61.1 cm³/mol. The van der Waals surface area contributed by atoms with Crippen LogP contribution >= 0.6 is 0 Å². The minimum absolute atomic E-state index is 0.0553. The van der Waals surface area contributed by atoms with Crippen LogP contribution in [0.5, 0.6) is 5.75 Å². The minimum Gasteiger partial charge on any atom is -0.493 e. The van der Waals surface area contributed by atoms with Crippen molar-refractivity contribution in [2.24, 2.45) is 0 Å². The molecule has 0 spiro atoms. The van der Waals surface area contributed by atoms with Crippen LogP contribution in [0.1, 0.15) is 29.3 Å². The number of carbonyl (C=O) groups excluding carboxylic acids is 1. The van der Waals surface area contributed by atoms with Crippen LogP contribution in [0.2, 0.25) is 0 Å². The smallest absolute Gasteiger partial charge is 0.191 e. The molecule has 0 fully saturated rings. The van der Waals surface area contributed by atoms with E-state index in [1.807, 2.05) is 25.1 Å². The third kappa shape index (κ3) is 1.95. The van der Waals surface area contributed by atoms with Crippen molar-refractivity contribution >= 4 is 5.78 Å². The molecule has 86 valence electrons. The Bertz CT molecular complexity index is 394. The van der Waals surface area contributed by atoms with Gasteiger partial charge in [-0.15, -0.1) is 0 Å². The van der Waals surface area contributed by atoms with Gasteiger partial charge in [0.25, 0.3) is 0 Å². The Morgan fingerprint density at radius 1 is 1.56 bits per heavy atom. The zero-order valence-electron chi connectivity index (χ0n) is 9.66. The van der Waals surface area contributed by atoms with Crippen molar-refractivity contribution in [2.75, 3.05) is 13.7 Å². The van der Waals surface area contributed by atoms with E-state index in [4.69, 9.17) is 9.47 Å². The maximum Gasteiger partial charge on any atom is 0.191 e. The molecule has 0 N–H and O–H groups in total. The van der Waals surface area contributed by atoms with E-state index in [-0.39, 0.29) is 11.9 Å². The molecule has 0 aromatic heterocycles. The molecule has 0 saturated carbocycles. The summed E-state index contributed by atoms with van der Waals surface area (Å²) in [4.78, 5) is 12.0. The van der Waals surface area contributed by atoms with Crippen molar-refractivity contribution in [1.82, 2.24) is 0 Å².